The van der Waals surface area contributed by atoms with Crippen LogP contribution in [0, 0.1) is 6.92 Å². The van der Waals surface area contributed by atoms with E-state index in [1.165, 1.54) is 0 Å². The summed E-state index contributed by atoms with van der Waals surface area (Å²) in [7, 11) is 0. The molecule has 1 aromatic heterocycles. The number of halogens is 2. The normalized spacial score (nSPS) is 10.7. The predicted octanol–water partition coefficient (Wildman–Crippen LogP) is 2.91. The monoisotopic (exact) mass is 282 g/mol. The summed E-state index contributed by atoms with van der Waals surface area (Å²) in [6.45, 7) is 2.02. The Hall–Kier alpha value is -1.29. The van der Waals surface area contributed by atoms with Crippen LogP contribution >= 0.6 is 23.2 Å². The van der Waals surface area contributed by atoms with Crippen molar-refractivity contribution in [2.45, 2.75) is 13.5 Å². The fourth-order valence-corrected chi connectivity index (χ4v) is 2.15. The molecule has 0 unspecified atom stereocenters. The van der Waals surface area contributed by atoms with E-state index in [1.807, 2.05) is 23.6 Å². The molecule has 0 amide bonds. The molecule has 2 aromatic rings. The lowest BCUT2D eigenvalue weighted by Crippen LogP contribution is -2.17. The third-order valence-electron chi connectivity index (χ3n) is 2.73. The Labute approximate surface area is 115 Å². The molecule has 0 saturated carbocycles. The molecule has 0 fully saturated rings. The third-order valence-corrected chi connectivity index (χ3v) is 3.54. The average Bonchev–Trinajstić information content (AvgIpc) is 2.34. The minimum atomic E-state index is -0.0654. The minimum Gasteiger partial charge on any atom is -0.326 e. The van der Waals surface area contributed by atoms with Gasteiger partial charge in [0.05, 0.1) is 15.7 Å². The van der Waals surface area contributed by atoms with Crippen LogP contribution in [0.3, 0.4) is 0 Å². The van der Waals surface area contributed by atoms with E-state index in [1.54, 1.807) is 18.3 Å². The summed E-state index contributed by atoms with van der Waals surface area (Å²) in [6, 6.07) is 6.91. The lowest BCUT2D eigenvalue weighted by Gasteiger charge is -2.14. The summed E-state index contributed by atoms with van der Waals surface area (Å²) >= 11 is 12.2. The molecule has 0 bridgehead atoms. The fourth-order valence-electron chi connectivity index (χ4n) is 1.76. The molecule has 2 N–H and O–H groups in total. The maximum absolute atomic E-state index is 11.7. The fraction of sp³-hybridized carbons (Fsp3) is 0.154. The van der Waals surface area contributed by atoms with Crippen molar-refractivity contribution in [1.29, 1.82) is 0 Å². The van der Waals surface area contributed by atoms with Crippen LogP contribution in [0.15, 0.2) is 35.3 Å². The second-order valence-corrected chi connectivity index (χ2v) is 4.74. The van der Waals surface area contributed by atoms with Gasteiger partial charge in [0.25, 0.3) is 0 Å². The zero-order valence-electron chi connectivity index (χ0n) is 9.78. The summed E-state index contributed by atoms with van der Waals surface area (Å²) in [6.07, 6.45) is 1.70. The number of nitrogens with two attached hydrogens (primary N) is 1. The van der Waals surface area contributed by atoms with Crippen LogP contribution in [0.1, 0.15) is 11.3 Å². The zero-order valence-corrected chi connectivity index (χ0v) is 11.3. The maximum Gasteiger partial charge on any atom is 0.186 e. The summed E-state index contributed by atoms with van der Waals surface area (Å²) in [5.41, 5.74) is 7.53. The Morgan fingerprint density at radius 3 is 2.72 bits per heavy atom. The van der Waals surface area contributed by atoms with Crippen molar-refractivity contribution in [1.82, 2.24) is 4.57 Å². The van der Waals surface area contributed by atoms with Gasteiger partial charge in [0.1, 0.15) is 0 Å². The number of aryl methyl sites for hydroxylation is 1. The zero-order chi connectivity index (χ0) is 13.3. The standard InChI is InChI=1S/C13H12Cl2N2O/c1-8-5-12(18)9(6-16)7-17(8)11-4-2-3-10(14)13(11)15/h2-5,7H,6,16H2,1H3. The van der Waals surface area contributed by atoms with E-state index in [0.29, 0.717) is 15.6 Å². The Bertz CT molecular complexity index is 650. The molecule has 3 nitrogen and oxygen atoms in total. The van der Waals surface area contributed by atoms with Gasteiger partial charge in [0.15, 0.2) is 5.43 Å². The van der Waals surface area contributed by atoms with E-state index in [-0.39, 0.29) is 12.0 Å². The van der Waals surface area contributed by atoms with Gasteiger partial charge in [-0.1, -0.05) is 29.3 Å². The summed E-state index contributed by atoms with van der Waals surface area (Å²) < 4.78 is 1.82. The number of benzene rings is 1. The quantitative estimate of drug-likeness (QED) is 0.921. The van der Waals surface area contributed by atoms with Crippen molar-refractivity contribution >= 4 is 23.2 Å². The molecule has 18 heavy (non-hydrogen) atoms. The summed E-state index contributed by atoms with van der Waals surface area (Å²) in [5.74, 6) is 0. The largest absolute Gasteiger partial charge is 0.326 e. The van der Waals surface area contributed by atoms with E-state index in [9.17, 15) is 4.79 Å². The molecule has 2 rings (SSSR count). The molecule has 0 radical (unpaired) electrons. The molecule has 0 aliphatic heterocycles. The number of nitrogens with zero attached hydrogens (tertiary/aromatic N) is 1. The summed E-state index contributed by atoms with van der Waals surface area (Å²) in [4.78, 5) is 11.7. The van der Waals surface area contributed by atoms with E-state index in [4.69, 9.17) is 28.9 Å². The molecule has 0 saturated heterocycles. The molecule has 94 valence electrons. The number of aromatic nitrogens is 1. The van der Waals surface area contributed by atoms with Crippen molar-refractivity contribution in [2.24, 2.45) is 5.73 Å². The van der Waals surface area contributed by atoms with Crippen LogP contribution in [-0.4, -0.2) is 4.57 Å². The van der Waals surface area contributed by atoms with Gasteiger partial charge < -0.3 is 10.3 Å². The Kier molecular flexibility index (Phi) is 3.76. The highest BCUT2D eigenvalue weighted by molar-refractivity contribution is 6.43. The first-order valence-corrected chi connectivity index (χ1v) is 6.17. The lowest BCUT2D eigenvalue weighted by molar-refractivity contribution is 0.923. The lowest BCUT2D eigenvalue weighted by atomic mass is 10.2. The topological polar surface area (TPSA) is 48.0 Å². The number of pyridine rings is 1. The summed E-state index contributed by atoms with van der Waals surface area (Å²) in [5, 5.41) is 0.926. The Morgan fingerprint density at radius 1 is 1.33 bits per heavy atom. The van der Waals surface area contributed by atoms with Crippen LogP contribution in [-0.2, 0) is 6.54 Å². The molecule has 1 aromatic carbocycles. The number of hydrogen-bond acceptors (Lipinski definition) is 2. The van der Waals surface area contributed by atoms with E-state index in [2.05, 4.69) is 0 Å². The first-order valence-electron chi connectivity index (χ1n) is 5.41. The van der Waals surface area contributed by atoms with Crippen molar-refractivity contribution in [3.63, 3.8) is 0 Å². The second-order valence-electron chi connectivity index (χ2n) is 3.95. The molecular weight excluding hydrogens is 271 g/mol. The molecule has 0 aliphatic rings. The SMILES string of the molecule is Cc1cc(=O)c(CN)cn1-c1cccc(Cl)c1Cl. The molecule has 0 spiro atoms. The van der Waals surface area contributed by atoms with Crippen molar-refractivity contribution in [2.75, 3.05) is 0 Å². The van der Waals surface area contributed by atoms with Gasteiger partial charge >= 0.3 is 0 Å². The highest BCUT2D eigenvalue weighted by Gasteiger charge is 2.09. The molecular formula is C13H12Cl2N2O. The van der Waals surface area contributed by atoms with Crippen LogP contribution < -0.4 is 11.2 Å². The number of hydrogen-bond donors (Lipinski definition) is 1. The van der Waals surface area contributed by atoms with E-state index in [0.717, 1.165) is 11.4 Å². The van der Waals surface area contributed by atoms with Crippen molar-refractivity contribution in [3.05, 3.63) is 62.0 Å². The smallest absolute Gasteiger partial charge is 0.186 e. The van der Waals surface area contributed by atoms with Gasteiger partial charge in [0, 0.05) is 30.1 Å². The van der Waals surface area contributed by atoms with Gasteiger partial charge in [-0.25, -0.2) is 0 Å². The van der Waals surface area contributed by atoms with Gasteiger partial charge in [-0.15, -0.1) is 0 Å². The Morgan fingerprint density at radius 2 is 2.06 bits per heavy atom. The molecule has 5 heteroatoms. The van der Waals surface area contributed by atoms with Crippen LogP contribution in [0.25, 0.3) is 5.69 Å². The Balaban J connectivity index is 2.71. The third kappa shape index (κ3) is 2.29. The van der Waals surface area contributed by atoms with Gasteiger partial charge in [-0.3, -0.25) is 4.79 Å². The first-order chi connectivity index (χ1) is 8.54. The van der Waals surface area contributed by atoms with E-state index < -0.39 is 0 Å². The molecule has 1 heterocycles. The predicted molar refractivity (Wildman–Crippen MR) is 74.7 cm³/mol. The van der Waals surface area contributed by atoms with Crippen molar-refractivity contribution < 1.29 is 0 Å². The molecule has 0 aliphatic carbocycles. The van der Waals surface area contributed by atoms with Crippen LogP contribution in [0.4, 0.5) is 0 Å². The van der Waals surface area contributed by atoms with Crippen LogP contribution in [0.2, 0.25) is 10.0 Å². The van der Waals surface area contributed by atoms with Gasteiger partial charge in [-0.2, -0.15) is 0 Å². The minimum absolute atomic E-state index is 0.0654. The maximum atomic E-state index is 11.7. The number of rotatable bonds is 2. The van der Waals surface area contributed by atoms with Gasteiger partial charge in [0.2, 0.25) is 0 Å². The van der Waals surface area contributed by atoms with Crippen LogP contribution in [0.5, 0.6) is 0 Å². The van der Waals surface area contributed by atoms with Crippen molar-refractivity contribution in [3.8, 4) is 5.69 Å². The highest BCUT2D eigenvalue weighted by Crippen LogP contribution is 2.28. The first kappa shape index (κ1) is 13.1. The van der Waals surface area contributed by atoms with E-state index >= 15 is 0 Å². The average molecular weight is 283 g/mol. The highest BCUT2D eigenvalue weighted by atomic mass is 35.5. The second kappa shape index (κ2) is 5.14. The molecule has 0 atom stereocenters. The van der Waals surface area contributed by atoms with Gasteiger partial charge in [-0.05, 0) is 19.1 Å².